The number of anilines is 1. The molecule has 2 aromatic carbocycles. The predicted octanol–water partition coefficient (Wildman–Crippen LogP) is 2.15. The van der Waals surface area contributed by atoms with Crippen LogP contribution < -0.4 is 15.2 Å². The summed E-state index contributed by atoms with van der Waals surface area (Å²) in [5, 5.41) is 2.02. The van der Waals surface area contributed by atoms with Crippen molar-refractivity contribution in [3.8, 4) is 11.5 Å². The Balaban J connectivity index is 2.47. The molecule has 14 heavy (non-hydrogen) atoms. The van der Waals surface area contributed by atoms with Crippen LogP contribution >= 0.6 is 0 Å². The lowest BCUT2D eigenvalue weighted by atomic mass is 10.1. The number of ether oxygens (including phenoxy) is 2. The fraction of sp³-hybridized carbons (Fsp3) is 0.0909. The van der Waals surface area contributed by atoms with Gasteiger partial charge in [-0.2, -0.15) is 0 Å². The number of benzene rings is 2. The Morgan fingerprint density at radius 3 is 2.71 bits per heavy atom. The maximum absolute atomic E-state index is 5.89. The van der Waals surface area contributed by atoms with E-state index in [1.807, 2.05) is 30.3 Å². The third-order valence-corrected chi connectivity index (χ3v) is 2.41. The topological polar surface area (TPSA) is 44.5 Å². The van der Waals surface area contributed by atoms with E-state index in [4.69, 9.17) is 15.2 Å². The lowest BCUT2D eigenvalue weighted by Crippen LogP contribution is -1.93. The summed E-state index contributed by atoms with van der Waals surface area (Å²) in [6.45, 7) is 0.281. The van der Waals surface area contributed by atoms with Crippen LogP contribution in [0.15, 0.2) is 30.3 Å². The van der Waals surface area contributed by atoms with Crippen LogP contribution in [0.2, 0.25) is 0 Å². The second kappa shape index (κ2) is 2.54. The Bertz CT molecular complexity index is 508. The van der Waals surface area contributed by atoms with Gasteiger partial charge >= 0.3 is 0 Å². The summed E-state index contributed by atoms with van der Waals surface area (Å²) in [4.78, 5) is 0. The fourth-order valence-electron chi connectivity index (χ4n) is 1.76. The Kier molecular flexibility index (Phi) is 1.36. The standard InChI is InChI=1S/C11H9NO2/c12-9-5-10-11(14-6-13-10)8-4-2-1-3-7(8)9/h1-5H,6,12H2. The smallest absolute Gasteiger partial charge is 0.231 e. The molecule has 0 fully saturated rings. The first-order chi connectivity index (χ1) is 6.86. The highest BCUT2D eigenvalue weighted by molar-refractivity contribution is 5.99. The van der Waals surface area contributed by atoms with Gasteiger partial charge in [-0.1, -0.05) is 24.3 Å². The van der Waals surface area contributed by atoms with E-state index in [2.05, 4.69) is 0 Å². The van der Waals surface area contributed by atoms with Crippen molar-refractivity contribution in [2.24, 2.45) is 0 Å². The van der Waals surface area contributed by atoms with Crippen LogP contribution in [0.3, 0.4) is 0 Å². The molecule has 0 bridgehead atoms. The number of nitrogen functional groups attached to an aromatic ring is 1. The van der Waals surface area contributed by atoms with Crippen LogP contribution in [-0.2, 0) is 0 Å². The van der Waals surface area contributed by atoms with Crippen molar-refractivity contribution >= 4 is 16.5 Å². The quantitative estimate of drug-likeness (QED) is 0.643. The molecule has 0 unspecified atom stereocenters. The van der Waals surface area contributed by atoms with Crippen molar-refractivity contribution in [1.82, 2.24) is 0 Å². The van der Waals surface area contributed by atoms with Crippen molar-refractivity contribution in [3.05, 3.63) is 30.3 Å². The van der Waals surface area contributed by atoms with Gasteiger partial charge in [-0.15, -0.1) is 0 Å². The summed E-state index contributed by atoms with van der Waals surface area (Å²) >= 11 is 0. The minimum Gasteiger partial charge on any atom is -0.453 e. The Labute approximate surface area is 81.0 Å². The van der Waals surface area contributed by atoms with Gasteiger partial charge in [-0.25, -0.2) is 0 Å². The Hall–Kier alpha value is -1.90. The minimum atomic E-state index is 0.281. The van der Waals surface area contributed by atoms with E-state index in [9.17, 15) is 0 Å². The third-order valence-electron chi connectivity index (χ3n) is 2.41. The van der Waals surface area contributed by atoms with Crippen molar-refractivity contribution < 1.29 is 9.47 Å². The van der Waals surface area contributed by atoms with Crippen LogP contribution in [0.5, 0.6) is 11.5 Å². The molecule has 3 nitrogen and oxygen atoms in total. The Morgan fingerprint density at radius 1 is 1.07 bits per heavy atom. The van der Waals surface area contributed by atoms with Crippen LogP contribution in [0.1, 0.15) is 0 Å². The van der Waals surface area contributed by atoms with Gasteiger partial charge in [0.05, 0.1) is 0 Å². The highest BCUT2D eigenvalue weighted by atomic mass is 16.7. The molecule has 0 radical (unpaired) electrons. The zero-order chi connectivity index (χ0) is 9.54. The maximum atomic E-state index is 5.89. The fourth-order valence-corrected chi connectivity index (χ4v) is 1.76. The molecule has 2 aromatic rings. The second-order valence-corrected chi connectivity index (χ2v) is 3.25. The molecular weight excluding hydrogens is 178 g/mol. The predicted molar refractivity (Wildman–Crippen MR) is 54.5 cm³/mol. The van der Waals surface area contributed by atoms with Gasteiger partial charge in [0.25, 0.3) is 0 Å². The molecule has 2 N–H and O–H groups in total. The van der Waals surface area contributed by atoms with Gasteiger partial charge in [-0.05, 0) is 0 Å². The molecule has 0 spiro atoms. The van der Waals surface area contributed by atoms with E-state index >= 15 is 0 Å². The van der Waals surface area contributed by atoms with Gasteiger partial charge in [0.2, 0.25) is 6.79 Å². The summed E-state index contributed by atoms with van der Waals surface area (Å²) in [7, 11) is 0. The molecule has 0 saturated heterocycles. The maximum Gasteiger partial charge on any atom is 0.231 e. The number of hydrogen-bond acceptors (Lipinski definition) is 3. The molecule has 3 heteroatoms. The SMILES string of the molecule is Nc1cc2c(c3ccccc13)OCO2. The normalized spacial score (nSPS) is 13.4. The van der Waals surface area contributed by atoms with Gasteiger partial charge in [0, 0.05) is 22.5 Å². The lowest BCUT2D eigenvalue weighted by Gasteiger charge is -2.04. The van der Waals surface area contributed by atoms with E-state index in [1.54, 1.807) is 0 Å². The van der Waals surface area contributed by atoms with E-state index in [-0.39, 0.29) is 6.79 Å². The van der Waals surface area contributed by atoms with E-state index in [0.29, 0.717) is 0 Å². The van der Waals surface area contributed by atoms with Crippen LogP contribution in [0.25, 0.3) is 10.8 Å². The zero-order valence-corrected chi connectivity index (χ0v) is 7.49. The summed E-state index contributed by atoms with van der Waals surface area (Å²) < 4.78 is 10.7. The lowest BCUT2D eigenvalue weighted by molar-refractivity contribution is 0.175. The molecule has 3 rings (SSSR count). The molecule has 0 saturated carbocycles. The van der Waals surface area contributed by atoms with E-state index < -0.39 is 0 Å². The average Bonchev–Trinajstić information content (AvgIpc) is 2.66. The molecule has 1 aliphatic rings. The van der Waals surface area contributed by atoms with Crippen LogP contribution in [0, 0.1) is 0 Å². The first kappa shape index (κ1) is 7.50. The van der Waals surface area contributed by atoms with Crippen molar-refractivity contribution in [2.45, 2.75) is 0 Å². The molecule has 1 aliphatic heterocycles. The summed E-state index contributed by atoms with van der Waals surface area (Å²) in [6, 6.07) is 9.70. The van der Waals surface area contributed by atoms with Crippen molar-refractivity contribution in [2.75, 3.05) is 12.5 Å². The summed E-state index contributed by atoms with van der Waals surface area (Å²) in [5.74, 6) is 1.54. The molecule has 0 aliphatic carbocycles. The molecule has 0 atom stereocenters. The monoisotopic (exact) mass is 187 g/mol. The van der Waals surface area contributed by atoms with E-state index in [0.717, 1.165) is 28.0 Å². The largest absolute Gasteiger partial charge is 0.453 e. The van der Waals surface area contributed by atoms with Gasteiger partial charge in [0.1, 0.15) is 0 Å². The number of nitrogens with two attached hydrogens (primary N) is 1. The third kappa shape index (κ3) is 0.865. The van der Waals surface area contributed by atoms with Crippen molar-refractivity contribution in [3.63, 3.8) is 0 Å². The molecular formula is C11H9NO2. The zero-order valence-electron chi connectivity index (χ0n) is 7.49. The average molecular weight is 187 g/mol. The molecule has 70 valence electrons. The minimum absolute atomic E-state index is 0.281. The number of hydrogen-bond donors (Lipinski definition) is 1. The molecule has 0 amide bonds. The highest BCUT2D eigenvalue weighted by Gasteiger charge is 2.17. The summed E-state index contributed by atoms with van der Waals surface area (Å²) in [5.41, 5.74) is 6.62. The Morgan fingerprint density at radius 2 is 1.86 bits per heavy atom. The first-order valence-electron chi connectivity index (χ1n) is 4.43. The highest BCUT2D eigenvalue weighted by Crippen LogP contribution is 2.41. The van der Waals surface area contributed by atoms with Gasteiger partial charge in [0.15, 0.2) is 11.5 Å². The number of rotatable bonds is 0. The van der Waals surface area contributed by atoms with Crippen molar-refractivity contribution in [1.29, 1.82) is 0 Å². The number of fused-ring (bicyclic) bond motifs is 3. The van der Waals surface area contributed by atoms with Crippen LogP contribution in [-0.4, -0.2) is 6.79 Å². The molecule has 1 heterocycles. The second-order valence-electron chi connectivity index (χ2n) is 3.25. The molecule has 0 aromatic heterocycles. The van der Waals surface area contributed by atoms with Crippen LogP contribution in [0.4, 0.5) is 5.69 Å². The van der Waals surface area contributed by atoms with Gasteiger partial charge < -0.3 is 15.2 Å². The van der Waals surface area contributed by atoms with E-state index in [1.165, 1.54) is 0 Å². The summed E-state index contributed by atoms with van der Waals surface area (Å²) in [6.07, 6.45) is 0. The first-order valence-corrected chi connectivity index (χ1v) is 4.43. The van der Waals surface area contributed by atoms with Gasteiger partial charge in [-0.3, -0.25) is 0 Å².